The van der Waals surface area contributed by atoms with Crippen molar-refractivity contribution in [2.75, 3.05) is 26.3 Å². The zero-order valence-electron chi connectivity index (χ0n) is 11.2. The number of ether oxygens (including phenoxy) is 1. The summed E-state index contributed by atoms with van der Waals surface area (Å²) >= 11 is 0. The number of nitrogens with two attached hydrogens (primary N) is 1. The van der Waals surface area contributed by atoms with Crippen LogP contribution in [0.2, 0.25) is 0 Å². The van der Waals surface area contributed by atoms with E-state index in [0.29, 0.717) is 12.0 Å². The SMILES string of the molecule is CCCC1CCCCN1CC1COCCC1N. The molecule has 0 saturated carbocycles. The van der Waals surface area contributed by atoms with Crippen molar-refractivity contribution in [3.8, 4) is 0 Å². The molecule has 0 amide bonds. The summed E-state index contributed by atoms with van der Waals surface area (Å²) in [7, 11) is 0. The number of rotatable bonds is 4. The van der Waals surface area contributed by atoms with Gasteiger partial charge in [-0.15, -0.1) is 0 Å². The van der Waals surface area contributed by atoms with E-state index in [4.69, 9.17) is 10.5 Å². The minimum Gasteiger partial charge on any atom is -0.381 e. The van der Waals surface area contributed by atoms with Gasteiger partial charge in [0.1, 0.15) is 0 Å². The first-order chi connectivity index (χ1) is 8.31. The second kappa shape index (κ2) is 6.72. The Kier molecular flexibility index (Phi) is 5.26. The molecule has 3 nitrogen and oxygen atoms in total. The van der Waals surface area contributed by atoms with Gasteiger partial charge in [-0.3, -0.25) is 4.90 Å². The van der Waals surface area contributed by atoms with E-state index in [2.05, 4.69) is 11.8 Å². The third-order valence-corrected chi connectivity index (χ3v) is 4.37. The maximum absolute atomic E-state index is 6.21. The molecule has 2 N–H and O–H groups in total. The van der Waals surface area contributed by atoms with Gasteiger partial charge in [0.2, 0.25) is 0 Å². The van der Waals surface area contributed by atoms with E-state index in [1.165, 1.54) is 38.6 Å². The van der Waals surface area contributed by atoms with Gasteiger partial charge in [0.25, 0.3) is 0 Å². The van der Waals surface area contributed by atoms with Gasteiger partial charge in [0.05, 0.1) is 6.61 Å². The highest BCUT2D eigenvalue weighted by Crippen LogP contribution is 2.24. The molecule has 2 saturated heterocycles. The van der Waals surface area contributed by atoms with Crippen LogP contribution in [0.25, 0.3) is 0 Å². The van der Waals surface area contributed by atoms with E-state index < -0.39 is 0 Å². The maximum atomic E-state index is 6.21. The molecular weight excluding hydrogens is 212 g/mol. The fourth-order valence-electron chi connectivity index (χ4n) is 3.26. The average molecular weight is 240 g/mol. The summed E-state index contributed by atoms with van der Waals surface area (Å²) in [6.07, 6.45) is 7.85. The molecule has 3 unspecified atom stereocenters. The number of nitrogens with zero attached hydrogens (tertiary/aromatic N) is 1. The largest absolute Gasteiger partial charge is 0.381 e. The second-order valence-electron chi connectivity index (χ2n) is 5.72. The third kappa shape index (κ3) is 3.67. The van der Waals surface area contributed by atoms with Crippen molar-refractivity contribution >= 4 is 0 Å². The lowest BCUT2D eigenvalue weighted by Gasteiger charge is -2.40. The fourth-order valence-corrected chi connectivity index (χ4v) is 3.26. The molecule has 100 valence electrons. The standard InChI is InChI=1S/C14H28N2O/c1-2-5-13-6-3-4-8-16(13)10-12-11-17-9-7-14(12)15/h12-14H,2-11,15H2,1H3. The number of likely N-dealkylation sites (tertiary alicyclic amines) is 1. The lowest BCUT2D eigenvalue weighted by Crippen LogP contribution is -2.49. The van der Waals surface area contributed by atoms with Crippen LogP contribution in [0.4, 0.5) is 0 Å². The van der Waals surface area contributed by atoms with Crippen LogP contribution in [0.15, 0.2) is 0 Å². The molecule has 2 aliphatic heterocycles. The van der Waals surface area contributed by atoms with Crippen LogP contribution in [0, 0.1) is 5.92 Å². The highest BCUT2D eigenvalue weighted by Gasteiger charge is 2.28. The number of hydrogen-bond acceptors (Lipinski definition) is 3. The fraction of sp³-hybridized carbons (Fsp3) is 1.00. The normalized spacial score (nSPS) is 36.0. The van der Waals surface area contributed by atoms with E-state index in [1.807, 2.05) is 0 Å². The topological polar surface area (TPSA) is 38.5 Å². The Balaban J connectivity index is 1.85. The number of piperidine rings is 1. The van der Waals surface area contributed by atoms with Gasteiger partial charge >= 0.3 is 0 Å². The Morgan fingerprint density at radius 3 is 2.94 bits per heavy atom. The maximum Gasteiger partial charge on any atom is 0.0521 e. The Morgan fingerprint density at radius 1 is 1.29 bits per heavy atom. The van der Waals surface area contributed by atoms with E-state index in [0.717, 1.165) is 32.2 Å². The van der Waals surface area contributed by atoms with Gasteiger partial charge in [0.15, 0.2) is 0 Å². The summed E-state index contributed by atoms with van der Waals surface area (Å²) in [5.74, 6) is 0.557. The molecular formula is C14H28N2O. The van der Waals surface area contributed by atoms with Gasteiger partial charge in [-0.2, -0.15) is 0 Å². The molecule has 2 heterocycles. The quantitative estimate of drug-likeness (QED) is 0.817. The summed E-state index contributed by atoms with van der Waals surface area (Å²) in [5.41, 5.74) is 6.21. The number of hydrogen-bond donors (Lipinski definition) is 1. The molecule has 2 aliphatic rings. The molecule has 0 bridgehead atoms. The van der Waals surface area contributed by atoms with Gasteiger partial charge in [-0.25, -0.2) is 0 Å². The van der Waals surface area contributed by atoms with Crippen LogP contribution in [-0.2, 0) is 4.74 Å². The lowest BCUT2D eigenvalue weighted by atomic mass is 9.92. The molecule has 17 heavy (non-hydrogen) atoms. The summed E-state index contributed by atoms with van der Waals surface area (Å²) in [6, 6.07) is 1.16. The predicted octanol–water partition coefficient (Wildman–Crippen LogP) is 2.00. The van der Waals surface area contributed by atoms with Crippen molar-refractivity contribution in [1.29, 1.82) is 0 Å². The molecule has 0 radical (unpaired) electrons. The Hall–Kier alpha value is -0.120. The molecule has 3 atom stereocenters. The van der Waals surface area contributed by atoms with Gasteiger partial charge in [-0.1, -0.05) is 19.8 Å². The van der Waals surface area contributed by atoms with Crippen molar-refractivity contribution in [1.82, 2.24) is 4.90 Å². The van der Waals surface area contributed by atoms with Crippen molar-refractivity contribution in [3.05, 3.63) is 0 Å². The summed E-state index contributed by atoms with van der Waals surface area (Å²) < 4.78 is 5.58. The van der Waals surface area contributed by atoms with Crippen molar-refractivity contribution in [2.24, 2.45) is 11.7 Å². The Morgan fingerprint density at radius 2 is 2.18 bits per heavy atom. The van der Waals surface area contributed by atoms with E-state index in [-0.39, 0.29) is 0 Å². The monoisotopic (exact) mass is 240 g/mol. The van der Waals surface area contributed by atoms with Crippen LogP contribution >= 0.6 is 0 Å². The first-order valence-corrected chi connectivity index (χ1v) is 7.38. The molecule has 0 aliphatic carbocycles. The molecule has 2 fully saturated rings. The van der Waals surface area contributed by atoms with Crippen LogP contribution < -0.4 is 5.73 Å². The Labute approximate surface area is 106 Å². The predicted molar refractivity (Wildman–Crippen MR) is 71.0 cm³/mol. The average Bonchev–Trinajstić information content (AvgIpc) is 2.35. The van der Waals surface area contributed by atoms with Crippen molar-refractivity contribution < 1.29 is 4.74 Å². The minimum absolute atomic E-state index is 0.355. The summed E-state index contributed by atoms with van der Waals surface area (Å²) in [4.78, 5) is 2.69. The van der Waals surface area contributed by atoms with E-state index in [1.54, 1.807) is 0 Å². The molecule has 3 heteroatoms. The Bertz CT molecular complexity index is 220. The van der Waals surface area contributed by atoms with Crippen LogP contribution in [-0.4, -0.2) is 43.3 Å². The molecule has 0 aromatic carbocycles. The van der Waals surface area contributed by atoms with Gasteiger partial charge in [-0.05, 0) is 32.2 Å². The van der Waals surface area contributed by atoms with Crippen molar-refractivity contribution in [2.45, 2.75) is 57.5 Å². The minimum atomic E-state index is 0.355. The van der Waals surface area contributed by atoms with Gasteiger partial charge < -0.3 is 10.5 Å². The van der Waals surface area contributed by atoms with E-state index >= 15 is 0 Å². The third-order valence-electron chi connectivity index (χ3n) is 4.37. The first-order valence-electron chi connectivity index (χ1n) is 7.38. The zero-order chi connectivity index (χ0) is 12.1. The van der Waals surface area contributed by atoms with Crippen LogP contribution in [0.1, 0.15) is 45.4 Å². The zero-order valence-corrected chi connectivity index (χ0v) is 11.2. The highest BCUT2D eigenvalue weighted by molar-refractivity contribution is 4.84. The van der Waals surface area contributed by atoms with Crippen LogP contribution in [0.5, 0.6) is 0 Å². The summed E-state index contributed by atoms with van der Waals surface area (Å²) in [5, 5.41) is 0. The molecule has 2 rings (SSSR count). The molecule has 0 spiro atoms. The second-order valence-corrected chi connectivity index (χ2v) is 5.72. The lowest BCUT2D eigenvalue weighted by molar-refractivity contribution is 0.0122. The molecule has 0 aromatic heterocycles. The molecule has 0 aromatic rings. The van der Waals surface area contributed by atoms with Gasteiger partial charge in [0, 0.05) is 31.2 Å². The summed E-state index contributed by atoms with van der Waals surface area (Å²) in [6.45, 7) is 6.45. The smallest absolute Gasteiger partial charge is 0.0521 e. The van der Waals surface area contributed by atoms with Crippen molar-refractivity contribution in [3.63, 3.8) is 0 Å². The highest BCUT2D eigenvalue weighted by atomic mass is 16.5. The van der Waals surface area contributed by atoms with E-state index in [9.17, 15) is 0 Å². The first kappa shape index (κ1) is 13.3. The van der Waals surface area contributed by atoms with Crippen LogP contribution in [0.3, 0.4) is 0 Å².